The number of rotatable bonds is 13. The van der Waals surface area contributed by atoms with Crippen molar-refractivity contribution in [3.05, 3.63) is 64.7 Å². The van der Waals surface area contributed by atoms with E-state index in [1.165, 1.54) is 0 Å². The van der Waals surface area contributed by atoms with Gasteiger partial charge in [-0.2, -0.15) is 0 Å². The minimum atomic E-state index is -0.335. The molecule has 1 aromatic heterocycles. The second kappa shape index (κ2) is 13.3. The number of unbranched alkanes of at least 4 members (excludes halogenated alkanes) is 2. The van der Waals surface area contributed by atoms with Crippen molar-refractivity contribution in [2.24, 2.45) is 0 Å². The highest BCUT2D eigenvalue weighted by atomic mass is 35.5. The lowest BCUT2D eigenvalue weighted by Gasteiger charge is -2.32. The molecule has 3 rings (SSSR count). The van der Waals surface area contributed by atoms with Crippen LogP contribution in [0.1, 0.15) is 71.2 Å². The van der Waals surface area contributed by atoms with Crippen molar-refractivity contribution in [3.63, 3.8) is 0 Å². The van der Waals surface area contributed by atoms with Crippen LogP contribution in [0.3, 0.4) is 0 Å². The fourth-order valence-electron chi connectivity index (χ4n) is 4.37. The Labute approximate surface area is 212 Å². The lowest BCUT2D eigenvalue weighted by Crippen LogP contribution is -2.39. The quantitative estimate of drug-likeness (QED) is 0.206. The Kier molecular flexibility index (Phi) is 10.2. The van der Waals surface area contributed by atoms with Gasteiger partial charge in [0.15, 0.2) is 0 Å². The molecule has 0 bridgehead atoms. The topological polar surface area (TPSA) is 64.4 Å². The van der Waals surface area contributed by atoms with E-state index in [0.29, 0.717) is 60.7 Å². The summed E-state index contributed by atoms with van der Waals surface area (Å²) in [7, 11) is 0. The number of carbonyl (C=O) groups excluding carboxylic acids is 1. The number of carbonyl (C=O) groups is 1. The number of hydrogen-bond donors (Lipinski definition) is 0. The smallest absolute Gasteiger partial charge is 0.266 e. The van der Waals surface area contributed by atoms with Crippen LogP contribution < -0.4 is 10.3 Å². The molecule has 7 heteroatoms. The van der Waals surface area contributed by atoms with E-state index in [9.17, 15) is 9.59 Å². The third-order valence-electron chi connectivity index (χ3n) is 6.12. The Balaban J connectivity index is 2.18. The number of ether oxygens (including phenoxy) is 1. The molecule has 0 aliphatic carbocycles. The molecular weight excluding hydrogens is 462 g/mol. The molecule has 2 aromatic carbocycles. The Morgan fingerprint density at radius 3 is 2.46 bits per heavy atom. The molecule has 1 atom stereocenters. The molecule has 3 aromatic rings. The van der Waals surface area contributed by atoms with E-state index in [-0.39, 0.29) is 17.5 Å². The maximum atomic E-state index is 13.8. The number of amides is 1. The van der Waals surface area contributed by atoms with Crippen molar-refractivity contribution >= 4 is 28.4 Å². The van der Waals surface area contributed by atoms with Gasteiger partial charge in [0.2, 0.25) is 5.91 Å². The number of fused-ring (bicyclic) bond motifs is 1. The van der Waals surface area contributed by atoms with E-state index in [1.807, 2.05) is 61.2 Å². The fraction of sp³-hybridized carbons (Fsp3) is 0.464. The largest absolute Gasteiger partial charge is 0.494 e. The molecule has 1 amide bonds. The third-order valence-corrected chi connectivity index (χ3v) is 6.38. The lowest BCUT2D eigenvalue weighted by molar-refractivity contribution is -0.134. The Hall–Kier alpha value is -2.86. The van der Waals surface area contributed by atoms with E-state index in [1.54, 1.807) is 10.6 Å². The maximum Gasteiger partial charge on any atom is 0.266 e. The minimum absolute atomic E-state index is 0.0502. The maximum absolute atomic E-state index is 13.8. The van der Waals surface area contributed by atoms with Crippen molar-refractivity contribution < 1.29 is 9.53 Å². The van der Waals surface area contributed by atoms with Gasteiger partial charge in [0.05, 0.1) is 29.2 Å². The van der Waals surface area contributed by atoms with Gasteiger partial charge in [0.25, 0.3) is 5.56 Å². The standard InChI is InChI=1S/C28H36ClN3O3/c1-4-7-10-20-31(26(33)14-11-19-29)25(5-2)27-30-24-13-9-8-12-23(24)28(34)32(27)21-15-17-22(18-16-21)35-6-3/h8-9,12-13,15-18,25H,4-7,10-11,14,19-20H2,1-3H3. The summed E-state index contributed by atoms with van der Waals surface area (Å²) in [5.41, 5.74) is 1.19. The van der Waals surface area contributed by atoms with E-state index in [2.05, 4.69) is 6.92 Å². The molecule has 0 saturated carbocycles. The summed E-state index contributed by atoms with van der Waals surface area (Å²) in [5.74, 6) is 1.81. The Morgan fingerprint density at radius 1 is 1.06 bits per heavy atom. The van der Waals surface area contributed by atoms with Gasteiger partial charge in [0.1, 0.15) is 11.6 Å². The summed E-state index contributed by atoms with van der Waals surface area (Å²) in [4.78, 5) is 34.0. The minimum Gasteiger partial charge on any atom is -0.494 e. The molecule has 0 radical (unpaired) electrons. The number of para-hydroxylation sites is 1. The van der Waals surface area contributed by atoms with Crippen LogP contribution in [-0.2, 0) is 4.79 Å². The summed E-state index contributed by atoms with van der Waals surface area (Å²) < 4.78 is 7.25. The first kappa shape index (κ1) is 26.7. The zero-order chi connectivity index (χ0) is 25.2. The van der Waals surface area contributed by atoms with Crippen LogP contribution in [0.4, 0.5) is 0 Å². The average Bonchev–Trinajstić information content (AvgIpc) is 2.88. The number of halogens is 1. The molecule has 1 unspecified atom stereocenters. The van der Waals surface area contributed by atoms with Gasteiger partial charge >= 0.3 is 0 Å². The second-order valence-electron chi connectivity index (χ2n) is 8.57. The predicted molar refractivity (Wildman–Crippen MR) is 143 cm³/mol. The molecule has 6 nitrogen and oxygen atoms in total. The summed E-state index contributed by atoms with van der Waals surface area (Å²) in [6.45, 7) is 7.31. The van der Waals surface area contributed by atoms with Crippen molar-refractivity contribution in [1.82, 2.24) is 14.5 Å². The highest BCUT2D eigenvalue weighted by Gasteiger charge is 2.28. The normalized spacial score (nSPS) is 12.0. The first-order valence-corrected chi connectivity index (χ1v) is 13.2. The van der Waals surface area contributed by atoms with Crippen molar-refractivity contribution in [3.8, 4) is 11.4 Å². The fourth-order valence-corrected chi connectivity index (χ4v) is 4.51. The van der Waals surface area contributed by atoms with Crippen molar-refractivity contribution in [2.75, 3.05) is 19.0 Å². The second-order valence-corrected chi connectivity index (χ2v) is 8.94. The number of aromatic nitrogens is 2. The lowest BCUT2D eigenvalue weighted by atomic mass is 10.1. The summed E-state index contributed by atoms with van der Waals surface area (Å²) in [6, 6.07) is 14.5. The van der Waals surface area contributed by atoms with Crippen molar-refractivity contribution in [2.45, 2.75) is 65.3 Å². The molecule has 35 heavy (non-hydrogen) atoms. The number of alkyl halides is 1. The van der Waals surface area contributed by atoms with Crippen LogP contribution >= 0.6 is 11.6 Å². The van der Waals surface area contributed by atoms with E-state index in [4.69, 9.17) is 21.3 Å². The molecule has 0 N–H and O–H groups in total. The molecule has 0 fully saturated rings. The zero-order valence-corrected chi connectivity index (χ0v) is 21.8. The van der Waals surface area contributed by atoms with Crippen LogP contribution in [0.2, 0.25) is 0 Å². The monoisotopic (exact) mass is 497 g/mol. The van der Waals surface area contributed by atoms with Crippen LogP contribution in [-0.4, -0.2) is 39.4 Å². The van der Waals surface area contributed by atoms with Gasteiger partial charge in [-0.15, -0.1) is 11.6 Å². The molecule has 0 spiro atoms. The molecule has 188 valence electrons. The van der Waals surface area contributed by atoms with Gasteiger partial charge < -0.3 is 9.64 Å². The van der Waals surface area contributed by atoms with Gasteiger partial charge in [-0.05, 0) is 62.6 Å². The SMILES string of the molecule is CCCCCN(C(=O)CCCCl)C(CC)c1nc2ccccc2c(=O)n1-c1ccc(OCC)cc1. The Bertz CT molecular complexity index is 1160. The van der Waals surface area contributed by atoms with E-state index in [0.717, 1.165) is 25.0 Å². The summed E-state index contributed by atoms with van der Waals surface area (Å²) in [6.07, 6.45) is 4.64. The average molecular weight is 498 g/mol. The van der Waals surface area contributed by atoms with Gasteiger partial charge in [-0.3, -0.25) is 14.2 Å². The van der Waals surface area contributed by atoms with E-state index >= 15 is 0 Å². The van der Waals surface area contributed by atoms with Gasteiger partial charge in [-0.25, -0.2) is 4.98 Å². The van der Waals surface area contributed by atoms with Crippen LogP contribution in [0, 0.1) is 0 Å². The molecule has 1 heterocycles. The Morgan fingerprint density at radius 2 is 1.80 bits per heavy atom. The third kappa shape index (κ3) is 6.43. The number of nitrogens with zero attached hydrogens (tertiary/aromatic N) is 3. The molecule has 0 saturated heterocycles. The van der Waals surface area contributed by atoms with Crippen LogP contribution in [0.15, 0.2) is 53.3 Å². The van der Waals surface area contributed by atoms with Crippen molar-refractivity contribution in [1.29, 1.82) is 0 Å². The predicted octanol–water partition coefficient (Wildman–Crippen LogP) is 6.27. The summed E-state index contributed by atoms with van der Waals surface area (Å²) in [5, 5.41) is 0.547. The summed E-state index contributed by atoms with van der Waals surface area (Å²) >= 11 is 5.90. The highest BCUT2D eigenvalue weighted by Crippen LogP contribution is 2.28. The van der Waals surface area contributed by atoms with E-state index < -0.39 is 0 Å². The van der Waals surface area contributed by atoms with Gasteiger partial charge in [0, 0.05) is 18.8 Å². The molecular formula is C28H36ClN3O3. The highest BCUT2D eigenvalue weighted by molar-refractivity contribution is 6.17. The van der Waals surface area contributed by atoms with Gasteiger partial charge in [-0.1, -0.05) is 38.8 Å². The number of benzene rings is 2. The first-order valence-electron chi connectivity index (χ1n) is 12.7. The number of hydrogen-bond acceptors (Lipinski definition) is 4. The zero-order valence-electron chi connectivity index (χ0n) is 21.0. The first-order chi connectivity index (χ1) is 17.0. The van der Waals surface area contributed by atoms with Crippen LogP contribution in [0.5, 0.6) is 5.75 Å². The molecule has 0 aliphatic rings. The van der Waals surface area contributed by atoms with Crippen LogP contribution in [0.25, 0.3) is 16.6 Å². The molecule has 0 aliphatic heterocycles.